The van der Waals surface area contributed by atoms with Crippen molar-refractivity contribution < 1.29 is 42.9 Å². The summed E-state index contributed by atoms with van der Waals surface area (Å²) in [5.41, 5.74) is 0. The smallest absolute Gasteiger partial charge is 0.306 e. The maximum atomic E-state index is 12.6. The summed E-state index contributed by atoms with van der Waals surface area (Å²) in [6.45, 7) is 4.47. The minimum Gasteiger partial charge on any atom is -0.545 e. The third kappa shape index (κ3) is 28.3. The molecule has 0 saturated heterocycles. The van der Waals surface area contributed by atoms with Gasteiger partial charge in [-0.1, -0.05) is 88.8 Å². The van der Waals surface area contributed by atoms with Crippen LogP contribution in [0.2, 0.25) is 0 Å². The van der Waals surface area contributed by atoms with Crippen molar-refractivity contribution in [2.24, 2.45) is 0 Å². The van der Waals surface area contributed by atoms with E-state index in [1.165, 1.54) is 6.42 Å². The van der Waals surface area contributed by atoms with Crippen LogP contribution in [-0.4, -0.2) is 82.3 Å². The Bertz CT molecular complexity index is 831. The second-order valence-corrected chi connectivity index (χ2v) is 12.1. The van der Waals surface area contributed by atoms with Gasteiger partial charge >= 0.3 is 11.9 Å². The summed E-state index contributed by atoms with van der Waals surface area (Å²) in [5, 5.41) is 11.5. The van der Waals surface area contributed by atoms with Gasteiger partial charge in [-0.3, -0.25) is 9.59 Å². The number of hydrogen-bond acceptors (Lipinski definition) is 8. The summed E-state index contributed by atoms with van der Waals surface area (Å²) in [4.78, 5) is 36.4. The van der Waals surface area contributed by atoms with Crippen molar-refractivity contribution in [1.29, 1.82) is 0 Å². The van der Waals surface area contributed by atoms with E-state index in [2.05, 4.69) is 50.3 Å². The molecule has 0 aliphatic heterocycles. The molecule has 0 rings (SSSR count). The standard InChI is InChI=1S/C35H61NO8/c1-6-8-10-12-14-15-16-17-18-19-20-22-24-26-33(38)44-31(29-42-32(37)25-23-21-13-11-9-7-2)30-43-35(34(39)40)41-28-27-36(3,4)5/h8,10,14-15,17-18,31,35H,6-7,9,11-13,16,19-30H2,1-5H3/b10-8-,15-14-,18-17-. The van der Waals surface area contributed by atoms with Gasteiger partial charge in [-0.2, -0.15) is 0 Å². The Morgan fingerprint density at radius 3 is 1.93 bits per heavy atom. The normalized spacial score (nSPS) is 13.6. The fourth-order valence-electron chi connectivity index (χ4n) is 4.02. The van der Waals surface area contributed by atoms with Gasteiger partial charge in [0.1, 0.15) is 13.2 Å². The van der Waals surface area contributed by atoms with Gasteiger partial charge in [0, 0.05) is 12.8 Å². The van der Waals surface area contributed by atoms with Crippen molar-refractivity contribution in [3.05, 3.63) is 36.5 Å². The molecule has 0 aromatic carbocycles. The number of ether oxygens (including phenoxy) is 4. The first-order valence-electron chi connectivity index (χ1n) is 16.6. The molecule has 9 nitrogen and oxygen atoms in total. The van der Waals surface area contributed by atoms with Gasteiger partial charge in [-0.25, -0.2) is 0 Å². The van der Waals surface area contributed by atoms with Crippen LogP contribution >= 0.6 is 0 Å². The molecule has 0 aliphatic carbocycles. The Morgan fingerprint density at radius 1 is 0.705 bits per heavy atom. The van der Waals surface area contributed by atoms with Crippen LogP contribution in [0.4, 0.5) is 0 Å². The molecule has 0 heterocycles. The highest BCUT2D eigenvalue weighted by molar-refractivity contribution is 5.70. The molecule has 9 heteroatoms. The van der Waals surface area contributed by atoms with Crippen LogP contribution in [0.25, 0.3) is 0 Å². The summed E-state index contributed by atoms with van der Waals surface area (Å²) in [6.07, 6.45) is 23.6. The lowest BCUT2D eigenvalue weighted by molar-refractivity contribution is -0.870. The minimum absolute atomic E-state index is 0.141. The zero-order valence-electron chi connectivity index (χ0n) is 28.3. The van der Waals surface area contributed by atoms with E-state index in [0.717, 1.165) is 70.6 Å². The largest absolute Gasteiger partial charge is 0.545 e. The van der Waals surface area contributed by atoms with Gasteiger partial charge in [-0.15, -0.1) is 0 Å². The number of carboxylic acids is 1. The second kappa shape index (κ2) is 28.0. The molecular formula is C35H61NO8. The molecule has 0 amide bonds. The molecule has 44 heavy (non-hydrogen) atoms. The molecule has 254 valence electrons. The van der Waals surface area contributed by atoms with Gasteiger partial charge < -0.3 is 33.3 Å². The second-order valence-electron chi connectivity index (χ2n) is 12.1. The number of aliphatic carboxylic acids is 1. The zero-order valence-corrected chi connectivity index (χ0v) is 28.3. The Kier molecular flexibility index (Phi) is 26.4. The van der Waals surface area contributed by atoms with Gasteiger partial charge in [0.05, 0.1) is 40.3 Å². The number of unbranched alkanes of at least 4 members (excludes halogenated alkanes) is 8. The Balaban J connectivity index is 4.65. The number of rotatable bonds is 29. The third-order valence-corrected chi connectivity index (χ3v) is 6.65. The molecule has 0 aromatic rings. The fourth-order valence-corrected chi connectivity index (χ4v) is 4.02. The van der Waals surface area contributed by atoms with Crippen molar-refractivity contribution >= 4 is 17.9 Å². The van der Waals surface area contributed by atoms with E-state index in [9.17, 15) is 19.5 Å². The molecule has 2 atom stereocenters. The van der Waals surface area contributed by atoms with Gasteiger partial charge in [0.25, 0.3) is 0 Å². The highest BCUT2D eigenvalue weighted by Gasteiger charge is 2.21. The summed E-state index contributed by atoms with van der Waals surface area (Å²) in [6, 6.07) is 0. The number of esters is 2. The van der Waals surface area contributed by atoms with E-state index in [0.29, 0.717) is 17.4 Å². The minimum atomic E-state index is -1.62. The number of carbonyl (C=O) groups is 3. The third-order valence-electron chi connectivity index (χ3n) is 6.65. The Labute approximate surface area is 267 Å². The lowest BCUT2D eigenvalue weighted by Crippen LogP contribution is -2.44. The van der Waals surface area contributed by atoms with E-state index in [-0.39, 0.29) is 38.6 Å². The van der Waals surface area contributed by atoms with E-state index in [4.69, 9.17) is 18.9 Å². The molecule has 0 fully saturated rings. The maximum Gasteiger partial charge on any atom is 0.306 e. The lowest BCUT2D eigenvalue weighted by atomic mass is 10.1. The molecule has 0 bridgehead atoms. The zero-order chi connectivity index (χ0) is 32.9. The van der Waals surface area contributed by atoms with Crippen molar-refractivity contribution in [1.82, 2.24) is 0 Å². The first-order valence-corrected chi connectivity index (χ1v) is 16.6. The number of carboxylic acid groups (broad SMARTS) is 1. The Hall–Kier alpha value is -2.49. The summed E-state index contributed by atoms with van der Waals surface area (Å²) >= 11 is 0. The number of quaternary nitrogens is 1. The highest BCUT2D eigenvalue weighted by Crippen LogP contribution is 2.10. The van der Waals surface area contributed by atoms with Crippen molar-refractivity contribution in [3.63, 3.8) is 0 Å². The predicted octanol–water partition coefficient (Wildman–Crippen LogP) is 5.82. The molecule has 0 aliphatic rings. The van der Waals surface area contributed by atoms with Crippen LogP contribution in [-0.2, 0) is 33.3 Å². The van der Waals surface area contributed by atoms with Crippen LogP contribution in [0.3, 0.4) is 0 Å². The molecule has 0 N–H and O–H groups in total. The first kappa shape index (κ1) is 41.5. The number of carbonyl (C=O) groups excluding carboxylic acids is 3. The monoisotopic (exact) mass is 623 g/mol. The van der Waals surface area contributed by atoms with Gasteiger partial charge in [-0.05, 0) is 44.9 Å². The predicted molar refractivity (Wildman–Crippen MR) is 172 cm³/mol. The highest BCUT2D eigenvalue weighted by atomic mass is 16.7. The van der Waals surface area contributed by atoms with Crippen LogP contribution < -0.4 is 5.11 Å². The Morgan fingerprint density at radius 2 is 1.30 bits per heavy atom. The molecule has 0 radical (unpaired) electrons. The van der Waals surface area contributed by atoms with E-state index >= 15 is 0 Å². The number of allylic oxidation sites excluding steroid dienone is 6. The summed E-state index contributed by atoms with van der Waals surface area (Å²) in [7, 11) is 5.87. The van der Waals surface area contributed by atoms with Crippen molar-refractivity contribution in [2.45, 2.75) is 123 Å². The average molecular weight is 624 g/mol. The van der Waals surface area contributed by atoms with Crippen molar-refractivity contribution in [2.75, 3.05) is 47.5 Å². The number of nitrogens with zero attached hydrogens (tertiary/aromatic N) is 1. The molecule has 2 unspecified atom stereocenters. The molecule has 0 saturated carbocycles. The first-order chi connectivity index (χ1) is 21.1. The van der Waals surface area contributed by atoms with Crippen LogP contribution in [0.1, 0.15) is 110 Å². The van der Waals surface area contributed by atoms with Crippen LogP contribution in [0.5, 0.6) is 0 Å². The van der Waals surface area contributed by atoms with Gasteiger partial charge in [0.15, 0.2) is 12.4 Å². The van der Waals surface area contributed by atoms with E-state index in [1.807, 2.05) is 21.1 Å². The van der Waals surface area contributed by atoms with Crippen LogP contribution in [0, 0.1) is 0 Å². The van der Waals surface area contributed by atoms with Crippen molar-refractivity contribution in [3.8, 4) is 0 Å². The summed E-state index contributed by atoms with van der Waals surface area (Å²) in [5.74, 6) is -2.35. The number of likely N-dealkylation sites (N-methyl/N-ethyl adjacent to an activating group) is 1. The lowest BCUT2D eigenvalue weighted by Gasteiger charge is -2.26. The van der Waals surface area contributed by atoms with E-state index in [1.54, 1.807) is 0 Å². The molecule has 0 spiro atoms. The van der Waals surface area contributed by atoms with Gasteiger partial charge in [0.2, 0.25) is 0 Å². The maximum absolute atomic E-state index is 12.6. The summed E-state index contributed by atoms with van der Waals surface area (Å²) < 4.78 is 22.2. The van der Waals surface area contributed by atoms with E-state index < -0.39 is 24.3 Å². The average Bonchev–Trinajstić information content (AvgIpc) is 2.96. The number of hydrogen-bond donors (Lipinski definition) is 0. The SMILES string of the molecule is CC/C=C\C/C=C\C/C=C\CCCCCC(=O)OC(COC(=O)CCCCCCCC)COC(OCC[N+](C)(C)C)C(=O)[O-]. The molecular weight excluding hydrogens is 562 g/mol. The van der Waals surface area contributed by atoms with Crippen LogP contribution in [0.15, 0.2) is 36.5 Å². The molecule has 0 aromatic heterocycles. The fraction of sp³-hybridized carbons (Fsp3) is 0.743. The topological polar surface area (TPSA) is 111 Å². The quantitative estimate of drug-likeness (QED) is 0.0337.